The molecule has 0 saturated carbocycles. The zero-order valence-corrected chi connectivity index (χ0v) is 19.9. The number of aromatic nitrogens is 3. The number of ether oxygens (including phenoxy) is 1. The fourth-order valence-corrected chi connectivity index (χ4v) is 4.61. The molecule has 1 amide bonds. The molecule has 3 aromatic rings. The predicted molar refractivity (Wildman–Crippen MR) is 125 cm³/mol. The molecule has 1 N–H and O–H groups in total. The zero-order valence-electron chi connectivity index (χ0n) is 19.1. The summed E-state index contributed by atoms with van der Waals surface area (Å²) in [4.78, 5) is 24.5. The Kier molecular flexibility index (Phi) is 7.54. The number of carbonyl (C=O) groups excluding carboxylic acids is 1. The number of rotatable bonds is 6. The van der Waals surface area contributed by atoms with Gasteiger partial charge in [0.2, 0.25) is 5.82 Å². The van der Waals surface area contributed by atoms with Crippen LogP contribution in [0.5, 0.6) is 5.75 Å². The van der Waals surface area contributed by atoms with Crippen molar-refractivity contribution in [1.29, 1.82) is 5.26 Å². The molecule has 0 bridgehead atoms. The molecule has 1 aromatic carbocycles. The molecule has 0 aliphatic carbocycles. The van der Waals surface area contributed by atoms with Crippen molar-refractivity contribution in [3.8, 4) is 22.3 Å². The average molecular weight is 517 g/mol. The number of nitriles is 1. The average Bonchev–Trinajstić information content (AvgIpc) is 3.29. The number of nitrogens with one attached hydrogen (secondary N) is 1. The van der Waals surface area contributed by atoms with Crippen molar-refractivity contribution >= 4 is 24.0 Å². The van der Waals surface area contributed by atoms with E-state index in [0.29, 0.717) is 36.2 Å². The molecule has 0 radical (unpaired) electrons. The van der Waals surface area contributed by atoms with Gasteiger partial charge in [0, 0.05) is 41.5 Å². The van der Waals surface area contributed by atoms with Gasteiger partial charge >= 0.3 is 6.18 Å². The Bertz CT molecular complexity index is 1290. The number of halogens is 4. The minimum Gasteiger partial charge on any atom is -0.490 e. The van der Waals surface area contributed by atoms with Crippen LogP contribution >= 0.6 is 11.3 Å². The van der Waals surface area contributed by atoms with E-state index in [1.807, 2.05) is 6.92 Å². The molecule has 3 heterocycles. The number of amides is 1. The Morgan fingerprint density at radius 1 is 1.22 bits per heavy atom. The molecular formula is C23H20BF4N5O2S. The highest BCUT2D eigenvalue weighted by Gasteiger charge is 2.34. The quantitative estimate of drug-likeness (QED) is 0.361. The first-order valence-corrected chi connectivity index (χ1v) is 11.9. The van der Waals surface area contributed by atoms with Crippen molar-refractivity contribution in [2.24, 2.45) is 0 Å². The van der Waals surface area contributed by atoms with Crippen LogP contribution in [0.25, 0.3) is 10.6 Å². The summed E-state index contributed by atoms with van der Waals surface area (Å²) in [5.41, 5.74) is 0.0439. The Hall–Kier alpha value is -3.53. The molecule has 13 heteroatoms. The molecule has 36 heavy (non-hydrogen) atoms. The van der Waals surface area contributed by atoms with Gasteiger partial charge < -0.3 is 10.1 Å². The van der Waals surface area contributed by atoms with Crippen molar-refractivity contribution in [2.45, 2.75) is 51.2 Å². The minimum absolute atomic E-state index is 0.0116. The number of alkyl halides is 3. The highest BCUT2D eigenvalue weighted by atomic mass is 32.1. The summed E-state index contributed by atoms with van der Waals surface area (Å²) in [6.07, 6.45) is 1.37. The second-order valence-electron chi connectivity index (χ2n) is 8.42. The number of nitrogens with zero attached hydrogens (tertiary/aromatic N) is 4. The van der Waals surface area contributed by atoms with E-state index in [4.69, 9.17) is 10.00 Å². The molecule has 186 valence electrons. The number of hydrogen-bond acceptors (Lipinski definition) is 7. The maximum Gasteiger partial charge on any atom is 0.451 e. The van der Waals surface area contributed by atoms with Crippen LogP contribution in [-0.4, -0.2) is 33.7 Å². The Balaban J connectivity index is 1.56. The van der Waals surface area contributed by atoms with Gasteiger partial charge in [-0.1, -0.05) is 12.6 Å². The van der Waals surface area contributed by atoms with Crippen molar-refractivity contribution in [3.05, 3.63) is 58.4 Å². The fourth-order valence-electron chi connectivity index (χ4n) is 3.84. The van der Waals surface area contributed by atoms with E-state index in [9.17, 15) is 18.0 Å². The first-order valence-electron chi connectivity index (χ1n) is 11.1. The van der Waals surface area contributed by atoms with Crippen LogP contribution < -0.4 is 10.1 Å². The summed E-state index contributed by atoms with van der Waals surface area (Å²) < 4.78 is 59.5. The molecule has 2 aromatic heterocycles. The van der Waals surface area contributed by atoms with Gasteiger partial charge in [0.1, 0.15) is 16.6 Å². The second kappa shape index (κ2) is 10.6. The SMILES string of the molecule is Cc1cnc(-c2cc(OC3CCB(C#N)CC3)cc(C(=O)NCc3cnc(C(F)(F)F)nc3)c2F)s1. The summed E-state index contributed by atoms with van der Waals surface area (Å²) in [5, 5.41) is 12.0. The molecule has 1 aliphatic heterocycles. The summed E-state index contributed by atoms with van der Waals surface area (Å²) in [6, 6.07) is 2.80. The van der Waals surface area contributed by atoms with Gasteiger partial charge in [-0.2, -0.15) is 13.2 Å². The summed E-state index contributed by atoms with van der Waals surface area (Å²) >= 11 is 1.26. The van der Waals surface area contributed by atoms with Gasteiger partial charge in [0.15, 0.2) is 0 Å². The lowest BCUT2D eigenvalue weighted by atomic mass is 9.42. The molecule has 7 nitrogen and oxygen atoms in total. The van der Waals surface area contributed by atoms with Crippen LogP contribution in [0.1, 0.15) is 39.5 Å². The maximum absolute atomic E-state index is 15.4. The summed E-state index contributed by atoms with van der Waals surface area (Å²) in [6.45, 7) is 1.61. The first kappa shape index (κ1) is 25.6. The number of carbonyl (C=O) groups is 1. The van der Waals surface area contributed by atoms with E-state index in [-0.39, 0.29) is 36.1 Å². The van der Waals surface area contributed by atoms with Crippen molar-refractivity contribution in [1.82, 2.24) is 20.3 Å². The van der Waals surface area contributed by atoms with Crippen LogP contribution in [0.4, 0.5) is 17.6 Å². The fraction of sp³-hybridized carbons (Fsp3) is 0.348. The van der Waals surface area contributed by atoms with Gasteiger partial charge in [0.05, 0.1) is 17.2 Å². The zero-order chi connectivity index (χ0) is 25.9. The monoisotopic (exact) mass is 517 g/mol. The predicted octanol–water partition coefficient (Wildman–Crippen LogP) is 5.10. The number of hydrogen-bond donors (Lipinski definition) is 1. The number of benzene rings is 1. The van der Waals surface area contributed by atoms with E-state index < -0.39 is 23.7 Å². The topological polar surface area (TPSA) is 101 Å². The number of thiazole rings is 1. The molecule has 1 saturated heterocycles. The Morgan fingerprint density at radius 2 is 1.92 bits per heavy atom. The van der Waals surface area contributed by atoms with Crippen molar-refractivity contribution in [3.63, 3.8) is 0 Å². The highest BCUT2D eigenvalue weighted by Crippen LogP contribution is 2.34. The van der Waals surface area contributed by atoms with Crippen LogP contribution in [0.15, 0.2) is 30.7 Å². The lowest BCUT2D eigenvalue weighted by Crippen LogP contribution is -2.28. The summed E-state index contributed by atoms with van der Waals surface area (Å²) in [5.74, 6) is -0.299. The third-order valence-electron chi connectivity index (χ3n) is 5.71. The standard InChI is InChI=1S/C23H20BF4N5O2S/c1-13-8-31-21(36-13)18-7-16(35-15-2-4-24(12-29)5-3-15)6-17(19(18)25)20(34)30-9-14-10-32-22(33-11-14)23(26,27)28/h6-8,10-11,15H,2-5,9H2,1H3,(H,30,34). The Morgan fingerprint density at radius 3 is 2.50 bits per heavy atom. The smallest absolute Gasteiger partial charge is 0.451 e. The molecular weight excluding hydrogens is 497 g/mol. The summed E-state index contributed by atoms with van der Waals surface area (Å²) in [7, 11) is 0. The lowest BCUT2D eigenvalue weighted by molar-refractivity contribution is -0.145. The van der Waals surface area contributed by atoms with Gasteiger partial charge in [-0.25, -0.2) is 24.6 Å². The van der Waals surface area contributed by atoms with E-state index in [2.05, 4.69) is 26.2 Å². The van der Waals surface area contributed by atoms with E-state index in [1.165, 1.54) is 23.5 Å². The van der Waals surface area contributed by atoms with E-state index >= 15 is 4.39 Å². The Labute approximate surface area is 208 Å². The lowest BCUT2D eigenvalue weighted by Gasteiger charge is -2.25. The molecule has 1 fully saturated rings. The molecule has 4 rings (SSSR count). The normalized spacial score (nSPS) is 14.4. The maximum atomic E-state index is 15.4. The molecule has 0 spiro atoms. The van der Waals surface area contributed by atoms with Crippen LogP contribution in [-0.2, 0) is 12.7 Å². The van der Waals surface area contributed by atoms with E-state index in [1.54, 1.807) is 6.20 Å². The van der Waals surface area contributed by atoms with Gasteiger partial charge in [-0.3, -0.25) is 4.79 Å². The van der Waals surface area contributed by atoms with Crippen molar-refractivity contribution < 1.29 is 27.1 Å². The van der Waals surface area contributed by atoms with E-state index in [0.717, 1.165) is 17.3 Å². The highest BCUT2D eigenvalue weighted by molar-refractivity contribution is 7.14. The van der Waals surface area contributed by atoms with Crippen LogP contribution in [0, 0.1) is 24.0 Å². The van der Waals surface area contributed by atoms with Gasteiger partial charge in [0.25, 0.3) is 12.6 Å². The molecule has 1 aliphatic rings. The van der Waals surface area contributed by atoms with Crippen molar-refractivity contribution in [2.75, 3.05) is 0 Å². The first-order chi connectivity index (χ1) is 17.1. The number of aryl methyl sites for hydroxylation is 1. The largest absolute Gasteiger partial charge is 0.490 e. The molecule has 0 atom stereocenters. The van der Waals surface area contributed by atoms with Crippen LogP contribution in [0.2, 0.25) is 12.6 Å². The van der Waals surface area contributed by atoms with Crippen LogP contribution in [0.3, 0.4) is 0 Å². The van der Waals surface area contributed by atoms with Gasteiger partial charge in [-0.05, 0) is 31.9 Å². The molecule has 0 unspecified atom stereocenters. The third-order valence-corrected chi connectivity index (χ3v) is 6.66. The van der Waals surface area contributed by atoms with Gasteiger partial charge in [-0.15, -0.1) is 11.3 Å². The third kappa shape index (κ3) is 5.99. The second-order valence-corrected chi connectivity index (χ2v) is 9.66. The minimum atomic E-state index is -4.68.